The van der Waals surface area contributed by atoms with Crippen LogP contribution in [-0.4, -0.2) is 44.2 Å². The molecule has 0 saturated heterocycles. The molecule has 0 heterocycles. The lowest BCUT2D eigenvalue weighted by molar-refractivity contribution is -0.870. The third kappa shape index (κ3) is 6.12. The lowest BCUT2D eigenvalue weighted by atomic mass is 10.1. The molecular formula is C8H18N2O2. The zero-order valence-corrected chi connectivity index (χ0v) is 8.04. The fourth-order valence-electron chi connectivity index (χ4n) is 0.903. The van der Waals surface area contributed by atoms with Crippen LogP contribution in [0.2, 0.25) is 0 Å². The Kier molecular flexibility index (Phi) is 4.20. The van der Waals surface area contributed by atoms with E-state index in [4.69, 9.17) is 5.73 Å². The summed E-state index contributed by atoms with van der Waals surface area (Å²) in [6, 6.07) is -0.809. The van der Waals surface area contributed by atoms with Crippen LogP contribution in [0.25, 0.3) is 0 Å². The Balaban J connectivity index is 3.51. The molecule has 0 aliphatic carbocycles. The minimum absolute atomic E-state index is 0.498. The van der Waals surface area contributed by atoms with Crippen LogP contribution in [-0.2, 0) is 4.79 Å². The Morgan fingerprint density at radius 2 is 2.00 bits per heavy atom. The molecule has 72 valence electrons. The second-order valence-electron chi connectivity index (χ2n) is 4.08. The van der Waals surface area contributed by atoms with E-state index in [-0.39, 0.29) is 0 Å². The van der Waals surface area contributed by atoms with E-state index in [2.05, 4.69) is 21.1 Å². The van der Waals surface area contributed by atoms with Gasteiger partial charge in [-0.2, -0.15) is 0 Å². The third-order valence-corrected chi connectivity index (χ3v) is 1.65. The number of aliphatic carboxylic acids is 1. The summed E-state index contributed by atoms with van der Waals surface area (Å²) < 4.78 is 0.833. The molecule has 12 heavy (non-hydrogen) atoms. The van der Waals surface area contributed by atoms with Gasteiger partial charge in [0.05, 0.1) is 33.7 Å². The third-order valence-electron chi connectivity index (χ3n) is 1.65. The molecule has 0 unspecified atom stereocenters. The molecule has 0 radical (unpaired) electrons. The van der Waals surface area contributed by atoms with Crippen molar-refractivity contribution in [2.45, 2.75) is 18.9 Å². The topological polar surface area (TPSA) is 66.2 Å². The number of nitrogens with two attached hydrogens (primary N) is 1. The van der Waals surface area contributed by atoms with Crippen LogP contribution in [0.4, 0.5) is 0 Å². The zero-order chi connectivity index (χ0) is 9.78. The molecular weight excluding hydrogens is 156 g/mol. The summed E-state index contributed by atoms with van der Waals surface area (Å²) in [5, 5.41) is 10.2. The summed E-state index contributed by atoms with van der Waals surface area (Å²) in [5.74, 6) is -1.16. The van der Waals surface area contributed by atoms with Crippen LogP contribution < -0.4 is 10.8 Å². The number of carboxylic acid groups (broad SMARTS) is 1. The van der Waals surface area contributed by atoms with E-state index in [1.807, 2.05) is 0 Å². The zero-order valence-electron chi connectivity index (χ0n) is 8.04. The number of carboxylic acids is 1. The summed E-state index contributed by atoms with van der Waals surface area (Å²) in [6.45, 7) is 0.932. The van der Waals surface area contributed by atoms with E-state index >= 15 is 0 Å². The summed E-state index contributed by atoms with van der Waals surface area (Å²) in [7, 11) is 6.18. The molecule has 4 heteroatoms. The van der Waals surface area contributed by atoms with Crippen molar-refractivity contribution < 1.29 is 14.4 Å². The van der Waals surface area contributed by atoms with Crippen molar-refractivity contribution in [2.75, 3.05) is 27.7 Å². The largest absolute Gasteiger partial charge is 0.548 e. The van der Waals surface area contributed by atoms with Gasteiger partial charge in [0.25, 0.3) is 0 Å². The van der Waals surface area contributed by atoms with Crippen molar-refractivity contribution in [1.29, 1.82) is 0 Å². The van der Waals surface area contributed by atoms with Gasteiger partial charge in [-0.05, 0) is 12.8 Å². The smallest absolute Gasteiger partial charge is 0.0781 e. The first kappa shape index (κ1) is 11.4. The Hall–Kier alpha value is -0.610. The van der Waals surface area contributed by atoms with E-state index < -0.39 is 12.0 Å². The van der Waals surface area contributed by atoms with Gasteiger partial charge in [-0.1, -0.05) is 0 Å². The Morgan fingerprint density at radius 1 is 1.50 bits per heavy atom. The van der Waals surface area contributed by atoms with Crippen molar-refractivity contribution in [3.63, 3.8) is 0 Å². The van der Waals surface area contributed by atoms with Crippen molar-refractivity contribution in [1.82, 2.24) is 0 Å². The summed E-state index contributed by atoms with van der Waals surface area (Å²) in [4.78, 5) is 10.2. The highest BCUT2D eigenvalue weighted by Crippen LogP contribution is 1.99. The van der Waals surface area contributed by atoms with Gasteiger partial charge in [-0.3, -0.25) is 0 Å². The molecule has 0 saturated carbocycles. The standard InChI is InChI=1S/C8H18N2O2/c1-10(2,3)6-4-5-7(9)8(11)12/h7H,4-6,9H2,1-3H3/t7-/m1/s1. The van der Waals surface area contributed by atoms with Crippen molar-refractivity contribution >= 4 is 5.97 Å². The number of hydrogen-bond donors (Lipinski definition) is 1. The van der Waals surface area contributed by atoms with Crippen LogP contribution in [0.3, 0.4) is 0 Å². The van der Waals surface area contributed by atoms with Crippen LogP contribution in [0.15, 0.2) is 0 Å². The fourth-order valence-corrected chi connectivity index (χ4v) is 0.903. The lowest BCUT2D eigenvalue weighted by Gasteiger charge is -2.24. The maximum Gasteiger partial charge on any atom is 0.0781 e. The highest BCUT2D eigenvalue weighted by atomic mass is 16.4. The quantitative estimate of drug-likeness (QED) is 0.519. The van der Waals surface area contributed by atoms with Crippen LogP contribution in [0.5, 0.6) is 0 Å². The van der Waals surface area contributed by atoms with Crippen LogP contribution >= 0.6 is 0 Å². The van der Waals surface area contributed by atoms with Gasteiger partial charge >= 0.3 is 0 Å². The second kappa shape index (κ2) is 4.42. The van der Waals surface area contributed by atoms with Crippen molar-refractivity contribution in [3.05, 3.63) is 0 Å². The molecule has 0 amide bonds. The van der Waals surface area contributed by atoms with Crippen LogP contribution in [0, 0.1) is 0 Å². The average Bonchev–Trinajstić information content (AvgIpc) is 1.84. The normalized spacial score (nSPS) is 14.3. The summed E-state index contributed by atoms with van der Waals surface area (Å²) in [6.07, 6.45) is 1.32. The number of hydrogen-bond acceptors (Lipinski definition) is 3. The first-order valence-electron chi connectivity index (χ1n) is 4.10. The van der Waals surface area contributed by atoms with E-state index in [1.54, 1.807) is 0 Å². The maximum atomic E-state index is 10.2. The van der Waals surface area contributed by atoms with Gasteiger partial charge < -0.3 is 20.1 Å². The molecule has 0 fully saturated rings. The summed E-state index contributed by atoms with van der Waals surface area (Å²) >= 11 is 0. The molecule has 4 nitrogen and oxygen atoms in total. The minimum atomic E-state index is -1.16. The van der Waals surface area contributed by atoms with Gasteiger partial charge in [0.15, 0.2) is 0 Å². The molecule has 0 spiro atoms. The lowest BCUT2D eigenvalue weighted by Crippen LogP contribution is -2.43. The predicted octanol–water partition coefficient (Wildman–Crippen LogP) is -1.45. The Morgan fingerprint density at radius 3 is 2.33 bits per heavy atom. The maximum absolute atomic E-state index is 10.2. The van der Waals surface area contributed by atoms with Gasteiger partial charge in [-0.25, -0.2) is 0 Å². The monoisotopic (exact) mass is 174 g/mol. The van der Waals surface area contributed by atoms with Crippen molar-refractivity contribution in [3.8, 4) is 0 Å². The van der Waals surface area contributed by atoms with Gasteiger partial charge in [0.1, 0.15) is 0 Å². The molecule has 0 aliphatic heterocycles. The highest BCUT2D eigenvalue weighted by Gasteiger charge is 2.08. The fraction of sp³-hybridized carbons (Fsp3) is 0.875. The molecule has 0 bridgehead atoms. The molecule has 0 aromatic carbocycles. The van der Waals surface area contributed by atoms with Gasteiger partial charge in [-0.15, -0.1) is 0 Å². The first-order valence-corrected chi connectivity index (χ1v) is 4.10. The minimum Gasteiger partial charge on any atom is -0.548 e. The number of carbonyl (C=O) groups excluding carboxylic acids is 1. The highest BCUT2D eigenvalue weighted by molar-refractivity contribution is 5.70. The number of rotatable bonds is 5. The first-order chi connectivity index (χ1) is 5.33. The molecule has 0 rings (SSSR count). The molecule has 0 aliphatic rings. The molecule has 0 aromatic heterocycles. The number of quaternary nitrogens is 1. The van der Waals surface area contributed by atoms with Gasteiger partial charge in [0, 0.05) is 6.04 Å². The molecule has 2 N–H and O–H groups in total. The Bertz CT molecular complexity index is 152. The van der Waals surface area contributed by atoms with E-state index in [9.17, 15) is 9.90 Å². The van der Waals surface area contributed by atoms with Gasteiger partial charge in [0.2, 0.25) is 0 Å². The Labute approximate surface area is 73.6 Å². The molecule has 1 atom stereocenters. The number of nitrogens with zero attached hydrogens (tertiary/aromatic N) is 1. The second-order valence-corrected chi connectivity index (χ2v) is 4.08. The number of carbonyl (C=O) groups is 1. The van der Waals surface area contributed by atoms with E-state index in [0.29, 0.717) is 6.42 Å². The molecule has 0 aromatic rings. The van der Waals surface area contributed by atoms with Crippen molar-refractivity contribution in [2.24, 2.45) is 5.73 Å². The van der Waals surface area contributed by atoms with E-state index in [0.717, 1.165) is 17.4 Å². The van der Waals surface area contributed by atoms with E-state index in [1.165, 1.54) is 0 Å². The van der Waals surface area contributed by atoms with Crippen LogP contribution in [0.1, 0.15) is 12.8 Å². The predicted molar refractivity (Wildman–Crippen MR) is 45.1 cm³/mol. The summed E-state index contributed by atoms with van der Waals surface area (Å²) in [5.41, 5.74) is 5.28. The average molecular weight is 174 g/mol. The SMILES string of the molecule is C[N+](C)(C)CCC[C@@H](N)C(=O)[O-].